The number of nitrogens with zero attached hydrogens (tertiary/aromatic N) is 1. The molecular formula is C13H15BrFNO7. The van der Waals surface area contributed by atoms with Crippen molar-refractivity contribution in [3.8, 4) is 6.07 Å². The zero-order chi connectivity index (χ0) is 17.8. The van der Waals surface area contributed by atoms with Crippen molar-refractivity contribution in [3.05, 3.63) is 0 Å². The fourth-order valence-corrected chi connectivity index (χ4v) is 2.77. The monoisotopic (exact) mass is 395 g/mol. The summed E-state index contributed by atoms with van der Waals surface area (Å²) in [5.74, 6) is -2.33. The number of alkyl halides is 2. The van der Waals surface area contributed by atoms with Gasteiger partial charge in [0.1, 0.15) is 19.4 Å². The van der Waals surface area contributed by atoms with Crippen molar-refractivity contribution >= 4 is 33.8 Å². The summed E-state index contributed by atoms with van der Waals surface area (Å²) >= 11 is 2.93. The highest BCUT2D eigenvalue weighted by atomic mass is 79.9. The van der Waals surface area contributed by atoms with E-state index >= 15 is 0 Å². The Morgan fingerprint density at radius 1 is 1.17 bits per heavy atom. The zero-order valence-corrected chi connectivity index (χ0v) is 14.2. The number of ether oxygens (including phenoxy) is 4. The molecule has 0 aromatic heterocycles. The molecule has 23 heavy (non-hydrogen) atoms. The molecule has 1 heterocycles. The first-order valence-electron chi connectivity index (χ1n) is 6.44. The van der Waals surface area contributed by atoms with Gasteiger partial charge in [-0.05, 0) is 15.9 Å². The third-order valence-electron chi connectivity index (χ3n) is 3.00. The van der Waals surface area contributed by atoms with Crippen LogP contribution in [0, 0.1) is 11.3 Å². The molecular weight excluding hydrogens is 381 g/mol. The largest absolute Gasteiger partial charge is 0.463 e. The maximum Gasteiger partial charge on any atom is 0.303 e. The molecule has 8 nitrogen and oxygen atoms in total. The maximum absolute atomic E-state index is 13.7. The summed E-state index contributed by atoms with van der Waals surface area (Å²) < 4.78 is 31.9. The number of carbonyl (C=O) groups excluding carboxylic acids is 3. The molecule has 1 fully saturated rings. The van der Waals surface area contributed by atoms with Gasteiger partial charge < -0.3 is 18.9 Å². The van der Waals surface area contributed by atoms with Gasteiger partial charge >= 0.3 is 17.9 Å². The lowest BCUT2D eigenvalue weighted by Crippen LogP contribution is -2.52. The minimum absolute atomic E-state index is 0.635. The van der Waals surface area contributed by atoms with Crippen LogP contribution in [-0.2, 0) is 33.3 Å². The summed E-state index contributed by atoms with van der Waals surface area (Å²) in [4.78, 5) is 33.6. The molecule has 1 unspecified atom stereocenters. The van der Waals surface area contributed by atoms with E-state index in [1.54, 1.807) is 6.07 Å². The molecule has 1 aliphatic heterocycles. The van der Waals surface area contributed by atoms with Gasteiger partial charge in [-0.25, -0.2) is 4.39 Å². The maximum atomic E-state index is 13.7. The molecule has 128 valence electrons. The summed E-state index contributed by atoms with van der Waals surface area (Å²) in [5, 5.41) is 9.28. The predicted octanol–water partition coefficient (Wildman–Crippen LogP) is 0.766. The van der Waals surface area contributed by atoms with E-state index in [9.17, 15) is 24.0 Å². The number of esters is 3. The first-order valence-corrected chi connectivity index (χ1v) is 7.23. The van der Waals surface area contributed by atoms with E-state index in [1.807, 2.05) is 0 Å². The second-order valence-electron chi connectivity index (χ2n) is 4.90. The van der Waals surface area contributed by atoms with Crippen LogP contribution in [0.5, 0.6) is 0 Å². The van der Waals surface area contributed by atoms with Gasteiger partial charge in [0.15, 0.2) is 17.8 Å². The van der Waals surface area contributed by atoms with Gasteiger partial charge in [-0.15, -0.1) is 0 Å². The van der Waals surface area contributed by atoms with Crippen LogP contribution in [0.4, 0.5) is 4.39 Å². The topological polar surface area (TPSA) is 112 Å². The molecule has 0 aromatic carbocycles. The van der Waals surface area contributed by atoms with Crippen LogP contribution in [0.1, 0.15) is 20.8 Å². The Morgan fingerprint density at radius 2 is 1.70 bits per heavy atom. The average Bonchev–Trinajstić information content (AvgIpc) is 2.67. The molecule has 0 amide bonds. The molecule has 0 aliphatic carbocycles. The van der Waals surface area contributed by atoms with Crippen LogP contribution in [0.3, 0.4) is 0 Å². The average molecular weight is 396 g/mol. The highest BCUT2D eigenvalue weighted by Gasteiger charge is 2.67. The van der Waals surface area contributed by atoms with Gasteiger partial charge in [0.2, 0.25) is 0 Å². The third kappa shape index (κ3) is 4.17. The molecule has 0 radical (unpaired) electrons. The lowest BCUT2D eigenvalue weighted by atomic mass is 9.96. The fraction of sp³-hybridized carbons (Fsp3) is 0.692. The van der Waals surface area contributed by atoms with Crippen LogP contribution < -0.4 is 0 Å². The number of nitriles is 1. The normalized spacial score (nSPS) is 32.7. The molecule has 10 heteroatoms. The highest BCUT2D eigenvalue weighted by Crippen LogP contribution is 2.46. The van der Waals surface area contributed by atoms with E-state index in [1.165, 1.54) is 0 Å². The Labute approximate surface area is 139 Å². The minimum atomic E-state index is -1.99. The first kappa shape index (κ1) is 19.3. The number of carbonyl (C=O) groups is 3. The number of hydrogen-bond donors (Lipinski definition) is 0. The van der Waals surface area contributed by atoms with Crippen molar-refractivity contribution in [2.75, 3.05) is 13.3 Å². The van der Waals surface area contributed by atoms with Crippen LogP contribution in [-0.4, -0.2) is 53.5 Å². The van der Waals surface area contributed by atoms with Crippen molar-refractivity contribution in [1.29, 1.82) is 5.26 Å². The first-order chi connectivity index (χ1) is 10.6. The Kier molecular flexibility index (Phi) is 6.07. The quantitative estimate of drug-likeness (QED) is 0.381. The lowest BCUT2D eigenvalue weighted by molar-refractivity contribution is -0.179. The number of hydrogen-bond acceptors (Lipinski definition) is 8. The Morgan fingerprint density at radius 3 is 2.09 bits per heavy atom. The molecule has 0 N–H and O–H groups in total. The van der Waals surface area contributed by atoms with E-state index in [4.69, 9.17) is 18.9 Å². The second kappa shape index (κ2) is 7.23. The van der Waals surface area contributed by atoms with Crippen LogP contribution in [0.2, 0.25) is 0 Å². The predicted molar refractivity (Wildman–Crippen MR) is 74.8 cm³/mol. The van der Waals surface area contributed by atoms with E-state index in [0.717, 1.165) is 20.8 Å². The molecule has 1 saturated heterocycles. The summed E-state index contributed by atoms with van der Waals surface area (Å²) in [6.07, 6.45) is -2.95. The molecule has 0 spiro atoms. The minimum Gasteiger partial charge on any atom is -0.463 e. The zero-order valence-electron chi connectivity index (χ0n) is 12.6. The molecule has 1 rings (SSSR count). The number of rotatable bonds is 5. The SMILES string of the molecule is CC(=O)OC[C@@]1(CF)OC(Br)(C#N)[C@H](OC(C)=O)[C@@H]1OC(C)=O. The van der Waals surface area contributed by atoms with Gasteiger partial charge in [-0.1, -0.05) is 0 Å². The van der Waals surface area contributed by atoms with Crippen LogP contribution in [0.25, 0.3) is 0 Å². The standard InChI is InChI=1S/C13H15BrFNO7/c1-7(17)20-6-12(4-15)10(21-8(2)18)11(22-9(3)19)13(14,5-16)23-12/h10-11H,4,6H2,1-3H3/t10-,11+,12+,13?/m0/s1. The summed E-state index contributed by atoms with van der Waals surface area (Å²) in [6.45, 7) is 1.32. The molecule has 0 aromatic rings. The van der Waals surface area contributed by atoms with E-state index in [0.29, 0.717) is 0 Å². The Balaban J connectivity index is 3.30. The molecule has 0 saturated carbocycles. The van der Waals surface area contributed by atoms with Gasteiger partial charge in [0, 0.05) is 20.8 Å². The number of halogens is 2. The van der Waals surface area contributed by atoms with Crippen molar-refractivity contribution in [2.24, 2.45) is 0 Å². The summed E-state index contributed by atoms with van der Waals surface area (Å²) in [7, 11) is 0. The van der Waals surface area contributed by atoms with Crippen LogP contribution >= 0.6 is 15.9 Å². The Hall–Kier alpha value is -1.73. The van der Waals surface area contributed by atoms with Crippen molar-refractivity contribution in [1.82, 2.24) is 0 Å². The van der Waals surface area contributed by atoms with Crippen molar-refractivity contribution in [2.45, 2.75) is 43.1 Å². The molecule has 1 aliphatic rings. The highest BCUT2D eigenvalue weighted by molar-refractivity contribution is 9.10. The molecule has 0 bridgehead atoms. The van der Waals surface area contributed by atoms with E-state index < -0.39 is 53.5 Å². The van der Waals surface area contributed by atoms with Gasteiger partial charge in [-0.3, -0.25) is 14.4 Å². The van der Waals surface area contributed by atoms with Gasteiger partial charge in [-0.2, -0.15) is 5.26 Å². The van der Waals surface area contributed by atoms with Crippen molar-refractivity contribution < 1.29 is 37.7 Å². The van der Waals surface area contributed by atoms with Crippen LogP contribution in [0.15, 0.2) is 0 Å². The van der Waals surface area contributed by atoms with E-state index in [-0.39, 0.29) is 0 Å². The third-order valence-corrected chi connectivity index (χ3v) is 3.79. The van der Waals surface area contributed by atoms with Gasteiger partial charge in [0.05, 0.1) is 0 Å². The van der Waals surface area contributed by atoms with Gasteiger partial charge in [0.25, 0.3) is 4.51 Å². The smallest absolute Gasteiger partial charge is 0.303 e. The summed E-state index contributed by atoms with van der Waals surface area (Å²) in [5.41, 5.74) is -1.99. The second-order valence-corrected chi connectivity index (χ2v) is 6.08. The molecule has 4 atom stereocenters. The van der Waals surface area contributed by atoms with Crippen molar-refractivity contribution in [3.63, 3.8) is 0 Å². The Bertz CT molecular complexity index is 551. The van der Waals surface area contributed by atoms with E-state index in [2.05, 4.69) is 15.9 Å². The summed E-state index contributed by atoms with van der Waals surface area (Å²) in [6, 6.07) is 1.69. The fourth-order valence-electron chi connectivity index (χ4n) is 2.11. The lowest BCUT2D eigenvalue weighted by Gasteiger charge is -2.30.